The quantitative estimate of drug-likeness (QED) is 0.840. The second-order valence-electron chi connectivity index (χ2n) is 5.24. The summed E-state index contributed by atoms with van der Waals surface area (Å²) >= 11 is 5.95. The predicted octanol–water partition coefficient (Wildman–Crippen LogP) is 1.83. The molecule has 1 atom stereocenters. The highest BCUT2D eigenvalue weighted by Crippen LogP contribution is 2.30. The van der Waals surface area contributed by atoms with Crippen LogP contribution in [0.4, 0.5) is 11.4 Å². The van der Waals surface area contributed by atoms with E-state index in [9.17, 15) is 0 Å². The molecule has 0 saturated carbocycles. The van der Waals surface area contributed by atoms with E-state index in [0.29, 0.717) is 11.1 Å². The molecule has 0 aromatic heterocycles. The van der Waals surface area contributed by atoms with Crippen LogP contribution in [0.15, 0.2) is 18.2 Å². The van der Waals surface area contributed by atoms with Crippen LogP contribution >= 0.6 is 11.6 Å². The summed E-state index contributed by atoms with van der Waals surface area (Å²) < 4.78 is 5.41. The molecule has 19 heavy (non-hydrogen) atoms. The maximum atomic E-state index is 6.07. The second-order valence-corrected chi connectivity index (χ2v) is 5.68. The first kappa shape index (κ1) is 13.0. The number of anilines is 2. The Balaban J connectivity index is 1.67. The maximum absolute atomic E-state index is 6.07. The Morgan fingerprint density at radius 3 is 2.74 bits per heavy atom. The van der Waals surface area contributed by atoms with Gasteiger partial charge in [-0.05, 0) is 24.6 Å². The first-order chi connectivity index (χ1) is 9.24. The summed E-state index contributed by atoms with van der Waals surface area (Å²) in [5.41, 5.74) is 7.95. The van der Waals surface area contributed by atoms with E-state index < -0.39 is 0 Å². The van der Waals surface area contributed by atoms with Gasteiger partial charge in [-0.2, -0.15) is 0 Å². The van der Waals surface area contributed by atoms with Crippen LogP contribution in [-0.2, 0) is 4.74 Å². The Kier molecular flexibility index (Phi) is 3.82. The van der Waals surface area contributed by atoms with Crippen molar-refractivity contribution in [2.45, 2.75) is 12.5 Å². The van der Waals surface area contributed by atoms with Crippen molar-refractivity contribution in [1.29, 1.82) is 0 Å². The van der Waals surface area contributed by atoms with Gasteiger partial charge in [-0.3, -0.25) is 4.90 Å². The molecule has 3 rings (SSSR count). The zero-order chi connectivity index (χ0) is 13.2. The Morgan fingerprint density at radius 2 is 2.00 bits per heavy atom. The topological polar surface area (TPSA) is 41.7 Å². The number of hydrogen-bond acceptors (Lipinski definition) is 4. The molecule has 0 bridgehead atoms. The second kappa shape index (κ2) is 5.57. The van der Waals surface area contributed by atoms with Crippen LogP contribution in [0.5, 0.6) is 0 Å². The van der Waals surface area contributed by atoms with Gasteiger partial charge in [0.15, 0.2) is 0 Å². The Morgan fingerprint density at radius 1 is 1.21 bits per heavy atom. The minimum atomic E-state index is 0.624. The van der Waals surface area contributed by atoms with E-state index in [-0.39, 0.29) is 0 Å². The molecular weight excluding hydrogens is 262 g/mol. The summed E-state index contributed by atoms with van der Waals surface area (Å²) in [5, 5.41) is 0.699. The lowest BCUT2D eigenvalue weighted by molar-refractivity contribution is 0.0209. The molecule has 2 fully saturated rings. The van der Waals surface area contributed by atoms with Gasteiger partial charge >= 0.3 is 0 Å². The van der Waals surface area contributed by atoms with Crippen molar-refractivity contribution in [1.82, 2.24) is 4.90 Å². The average Bonchev–Trinajstić information content (AvgIpc) is 2.89. The molecule has 2 saturated heterocycles. The van der Waals surface area contributed by atoms with Crippen molar-refractivity contribution in [3.05, 3.63) is 23.2 Å². The molecule has 0 spiro atoms. The molecule has 5 heteroatoms. The van der Waals surface area contributed by atoms with Crippen LogP contribution in [0, 0.1) is 0 Å². The van der Waals surface area contributed by atoms with Crippen molar-refractivity contribution in [3.63, 3.8) is 0 Å². The summed E-state index contributed by atoms with van der Waals surface area (Å²) in [6.07, 6.45) is 1.20. The number of nitrogens with zero attached hydrogens (tertiary/aromatic N) is 2. The third kappa shape index (κ3) is 2.81. The Hall–Kier alpha value is -0.970. The van der Waals surface area contributed by atoms with Crippen molar-refractivity contribution >= 4 is 23.0 Å². The lowest BCUT2D eigenvalue weighted by atomic mass is 10.2. The summed E-state index contributed by atoms with van der Waals surface area (Å²) in [7, 11) is 0. The smallest absolute Gasteiger partial charge is 0.0601 e. The molecule has 0 radical (unpaired) electrons. The number of halogens is 1. The van der Waals surface area contributed by atoms with Crippen LogP contribution in [-0.4, -0.2) is 50.3 Å². The van der Waals surface area contributed by atoms with Crippen molar-refractivity contribution in [2.24, 2.45) is 0 Å². The highest BCUT2D eigenvalue weighted by atomic mass is 35.5. The highest BCUT2D eigenvalue weighted by Gasteiger charge is 2.29. The average molecular weight is 282 g/mol. The number of nitrogens with two attached hydrogens (primary N) is 1. The minimum absolute atomic E-state index is 0.624. The van der Waals surface area contributed by atoms with Gasteiger partial charge in [-0.1, -0.05) is 11.6 Å². The number of hydrogen-bond donors (Lipinski definition) is 1. The molecule has 0 aliphatic carbocycles. The molecule has 1 aromatic rings. The van der Waals surface area contributed by atoms with E-state index in [1.165, 1.54) is 6.42 Å². The number of nitrogen functional groups attached to an aromatic ring is 1. The molecule has 1 aromatic carbocycles. The normalized spacial score (nSPS) is 24.9. The number of benzene rings is 1. The van der Waals surface area contributed by atoms with Crippen molar-refractivity contribution in [2.75, 3.05) is 50.0 Å². The van der Waals surface area contributed by atoms with E-state index >= 15 is 0 Å². The third-order valence-corrected chi connectivity index (χ3v) is 4.29. The van der Waals surface area contributed by atoms with E-state index in [1.807, 2.05) is 18.2 Å². The number of morpholine rings is 1. The SMILES string of the molecule is Nc1cc(Cl)ccc1N1CCC(N2CCOCC2)C1. The zero-order valence-electron chi connectivity index (χ0n) is 11.0. The van der Waals surface area contributed by atoms with Crippen molar-refractivity contribution < 1.29 is 4.74 Å². The van der Waals surface area contributed by atoms with Gasteiger partial charge in [0.05, 0.1) is 24.6 Å². The first-order valence-electron chi connectivity index (χ1n) is 6.86. The summed E-state index contributed by atoms with van der Waals surface area (Å²) in [6, 6.07) is 6.40. The molecular formula is C14H20ClN3O. The van der Waals surface area contributed by atoms with Gasteiger partial charge < -0.3 is 15.4 Å². The van der Waals surface area contributed by atoms with E-state index in [0.717, 1.165) is 50.8 Å². The molecule has 2 aliphatic heterocycles. The fraction of sp³-hybridized carbons (Fsp3) is 0.571. The molecule has 2 N–H and O–H groups in total. The maximum Gasteiger partial charge on any atom is 0.0601 e. The fourth-order valence-corrected chi connectivity index (χ4v) is 3.20. The summed E-state index contributed by atoms with van der Waals surface area (Å²) in [5.74, 6) is 0. The first-order valence-corrected chi connectivity index (χ1v) is 7.23. The van der Waals surface area contributed by atoms with Crippen LogP contribution in [0.3, 0.4) is 0 Å². The third-order valence-electron chi connectivity index (χ3n) is 4.06. The van der Waals surface area contributed by atoms with Crippen LogP contribution in [0.2, 0.25) is 5.02 Å². The predicted molar refractivity (Wildman–Crippen MR) is 78.9 cm³/mol. The summed E-state index contributed by atoms with van der Waals surface area (Å²) in [6.45, 7) is 5.93. The van der Waals surface area contributed by atoms with E-state index in [2.05, 4.69) is 9.80 Å². The largest absolute Gasteiger partial charge is 0.397 e. The zero-order valence-corrected chi connectivity index (χ0v) is 11.8. The fourth-order valence-electron chi connectivity index (χ4n) is 3.01. The monoisotopic (exact) mass is 281 g/mol. The standard InChI is InChI=1S/C14H20ClN3O/c15-11-1-2-14(13(16)9-11)18-4-3-12(10-18)17-5-7-19-8-6-17/h1-2,9,12H,3-8,10,16H2. The molecule has 2 aliphatic rings. The van der Waals surface area contributed by atoms with Crippen molar-refractivity contribution in [3.8, 4) is 0 Å². The van der Waals surface area contributed by atoms with Gasteiger partial charge in [0, 0.05) is 37.2 Å². The lowest BCUT2D eigenvalue weighted by Crippen LogP contribution is -2.44. The van der Waals surface area contributed by atoms with Gasteiger partial charge in [-0.15, -0.1) is 0 Å². The van der Waals surface area contributed by atoms with Crippen LogP contribution in [0.25, 0.3) is 0 Å². The van der Waals surface area contributed by atoms with Gasteiger partial charge in [-0.25, -0.2) is 0 Å². The molecule has 1 unspecified atom stereocenters. The van der Waals surface area contributed by atoms with E-state index in [4.69, 9.17) is 22.1 Å². The number of rotatable bonds is 2. The van der Waals surface area contributed by atoms with E-state index in [1.54, 1.807) is 0 Å². The minimum Gasteiger partial charge on any atom is -0.397 e. The lowest BCUT2D eigenvalue weighted by Gasteiger charge is -2.32. The molecule has 2 heterocycles. The Bertz CT molecular complexity index is 448. The van der Waals surface area contributed by atoms with Gasteiger partial charge in [0.2, 0.25) is 0 Å². The van der Waals surface area contributed by atoms with Crippen LogP contribution in [0.1, 0.15) is 6.42 Å². The highest BCUT2D eigenvalue weighted by molar-refractivity contribution is 6.31. The summed E-state index contributed by atoms with van der Waals surface area (Å²) in [4.78, 5) is 4.90. The molecule has 104 valence electrons. The van der Waals surface area contributed by atoms with Crippen LogP contribution < -0.4 is 10.6 Å². The van der Waals surface area contributed by atoms with Gasteiger partial charge in [0.25, 0.3) is 0 Å². The molecule has 4 nitrogen and oxygen atoms in total. The molecule has 0 amide bonds. The van der Waals surface area contributed by atoms with Gasteiger partial charge in [0.1, 0.15) is 0 Å². The Labute approximate surface area is 119 Å². The number of ether oxygens (including phenoxy) is 1.